The number of anilines is 1. The highest BCUT2D eigenvalue weighted by atomic mass is 32.2. The van der Waals surface area contributed by atoms with Crippen molar-refractivity contribution in [1.29, 1.82) is 0 Å². The minimum absolute atomic E-state index is 0.200. The minimum atomic E-state index is -0.200. The number of thioether (sulfide) groups is 1. The van der Waals surface area contributed by atoms with Crippen LogP contribution in [0, 0.1) is 0 Å². The van der Waals surface area contributed by atoms with Crippen LogP contribution in [0.1, 0.15) is 10.6 Å². The van der Waals surface area contributed by atoms with E-state index < -0.39 is 0 Å². The van der Waals surface area contributed by atoms with Crippen LogP contribution in [0.25, 0.3) is 0 Å². The first-order valence-corrected chi connectivity index (χ1v) is 6.36. The molecule has 0 aliphatic heterocycles. The van der Waals surface area contributed by atoms with E-state index in [2.05, 4.69) is 10.3 Å². The van der Waals surface area contributed by atoms with E-state index in [1.807, 2.05) is 30.5 Å². The van der Waals surface area contributed by atoms with Crippen molar-refractivity contribution >= 4 is 23.4 Å². The molecule has 0 atom stereocenters. The Kier molecular flexibility index (Phi) is 3.49. The lowest BCUT2D eigenvalue weighted by molar-refractivity contribution is 0.101. The van der Waals surface area contributed by atoms with Crippen LogP contribution in [-0.2, 0) is 7.05 Å². The molecule has 5 heteroatoms. The third-order valence-corrected chi connectivity index (χ3v) is 3.12. The first kappa shape index (κ1) is 11.7. The minimum Gasteiger partial charge on any atom is -0.330 e. The summed E-state index contributed by atoms with van der Waals surface area (Å²) in [6.45, 7) is 0. The van der Waals surface area contributed by atoms with Gasteiger partial charge in [-0.15, -0.1) is 11.8 Å². The molecule has 0 saturated carbocycles. The van der Waals surface area contributed by atoms with Gasteiger partial charge in [-0.1, -0.05) is 0 Å². The Labute approximate surface area is 104 Å². The van der Waals surface area contributed by atoms with Crippen molar-refractivity contribution in [3.05, 3.63) is 42.5 Å². The molecule has 0 bridgehead atoms. The Hall–Kier alpha value is -1.75. The molecule has 1 aromatic carbocycles. The quantitative estimate of drug-likeness (QED) is 0.847. The van der Waals surface area contributed by atoms with E-state index in [4.69, 9.17) is 0 Å². The lowest BCUT2D eigenvalue weighted by Gasteiger charge is -2.05. The van der Waals surface area contributed by atoms with Gasteiger partial charge in [-0.05, 0) is 30.5 Å². The second-order valence-corrected chi connectivity index (χ2v) is 4.42. The summed E-state index contributed by atoms with van der Waals surface area (Å²) in [6.07, 6.45) is 5.36. The Morgan fingerprint density at radius 1 is 1.35 bits per heavy atom. The molecule has 0 fully saturated rings. The topological polar surface area (TPSA) is 46.9 Å². The molecule has 0 spiro atoms. The first-order valence-electron chi connectivity index (χ1n) is 5.13. The first-order chi connectivity index (χ1) is 8.20. The largest absolute Gasteiger partial charge is 0.330 e. The molecule has 2 aromatic rings. The lowest BCUT2D eigenvalue weighted by atomic mass is 10.3. The van der Waals surface area contributed by atoms with Crippen LogP contribution in [0.2, 0.25) is 0 Å². The van der Waals surface area contributed by atoms with Crippen molar-refractivity contribution in [2.24, 2.45) is 7.05 Å². The van der Waals surface area contributed by atoms with Crippen LogP contribution < -0.4 is 5.32 Å². The van der Waals surface area contributed by atoms with Crippen molar-refractivity contribution in [3.8, 4) is 0 Å². The Morgan fingerprint density at radius 2 is 2.06 bits per heavy atom. The summed E-state index contributed by atoms with van der Waals surface area (Å²) in [7, 11) is 1.79. The number of hydrogen-bond donors (Lipinski definition) is 1. The van der Waals surface area contributed by atoms with E-state index in [0.717, 1.165) is 5.69 Å². The molecule has 1 N–H and O–H groups in total. The average molecular weight is 247 g/mol. The number of aryl methyl sites for hydroxylation is 1. The number of hydrogen-bond acceptors (Lipinski definition) is 3. The number of carbonyl (C=O) groups excluding carboxylic acids is 1. The highest BCUT2D eigenvalue weighted by Gasteiger charge is 2.10. The summed E-state index contributed by atoms with van der Waals surface area (Å²) in [6, 6.07) is 7.71. The zero-order valence-corrected chi connectivity index (χ0v) is 10.5. The molecular weight excluding hydrogens is 234 g/mol. The van der Waals surface area contributed by atoms with E-state index in [-0.39, 0.29) is 5.91 Å². The molecular formula is C12H13N3OS. The fourth-order valence-electron chi connectivity index (χ4n) is 1.45. The molecule has 2 rings (SSSR count). The number of rotatable bonds is 3. The molecule has 0 aliphatic carbocycles. The number of carbonyl (C=O) groups is 1. The second kappa shape index (κ2) is 5.05. The third-order valence-electron chi connectivity index (χ3n) is 2.37. The molecule has 1 aromatic heterocycles. The molecule has 0 unspecified atom stereocenters. The Morgan fingerprint density at radius 3 is 2.59 bits per heavy atom. The molecule has 17 heavy (non-hydrogen) atoms. The van der Waals surface area contributed by atoms with Crippen LogP contribution in [-0.4, -0.2) is 21.7 Å². The molecule has 1 heterocycles. The van der Waals surface area contributed by atoms with Gasteiger partial charge in [0, 0.05) is 30.0 Å². The van der Waals surface area contributed by atoms with E-state index in [9.17, 15) is 4.79 Å². The molecule has 88 valence electrons. The fourth-order valence-corrected chi connectivity index (χ4v) is 1.85. The van der Waals surface area contributed by atoms with Gasteiger partial charge < -0.3 is 9.88 Å². The average Bonchev–Trinajstić information content (AvgIpc) is 2.76. The number of aromatic nitrogens is 2. The van der Waals surface area contributed by atoms with Crippen molar-refractivity contribution in [2.45, 2.75) is 4.90 Å². The predicted octanol–water partition coefficient (Wildman–Crippen LogP) is 2.39. The zero-order valence-electron chi connectivity index (χ0n) is 9.68. The Bertz CT molecular complexity index is 519. The normalized spacial score (nSPS) is 10.2. The number of benzene rings is 1. The van der Waals surface area contributed by atoms with Crippen molar-refractivity contribution in [1.82, 2.24) is 9.55 Å². The van der Waals surface area contributed by atoms with Gasteiger partial charge in [0.25, 0.3) is 5.91 Å². The van der Waals surface area contributed by atoms with Crippen molar-refractivity contribution < 1.29 is 4.79 Å². The smallest absolute Gasteiger partial charge is 0.291 e. The van der Waals surface area contributed by atoms with Crippen molar-refractivity contribution in [2.75, 3.05) is 11.6 Å². The molecule has 0 radical (unpaired) electrons. The summed E-state index contributed by atoms with van der Waals surface area (Å²) >= 11 is 1.67. The summed E-state index contributed by atoms with van der Waals surface area (Å²) in [5.41, 5.74) is 0.774. The number of nitrogens with zero attached hydrogens (tertiary/aromatic N) is 2. The SMILES string of the molecule is CSc1ccc(NC(=O)c2nccn2C)cc1. The van der Waals surface area contributed by atoms with E-state index in [1.54, 1.807) is 35.8 Å². The number of imidazole rings is 1. The van der Waals surface area contributed by atoms with Crippen LogP contribution in [0.3, 0.4) is 0 Å². The lowest BCUT2D eigenvalue weighted by Crippen LogP contribution is -2.16. The maximum Gasteiger partial charge on any atom is 0.291 e. The Balaban J connectivity index is 2.10. The van der Waals surface area contributed by atoms with Crippen LogP contribution in [0.15, 0.2) is 41.6 Å². The summed E-state index contributed by atoms with van der Waals surface area (Å²) in [5.74, 6) is 0.202. The van der Waals surface area contributed by atoms with E-state index in [1.165, 1.54) is 4.90 Å². The highest BCUT2D eigenvalue weighted by Crippen LogP contribution is 2.17. The van der Waals surface area contributed by atoms with Gasteiger partial charge in [-0.25, -0.2) is 4.98 Å². The second-order valence-electron chi connectivity index (χ2n) is 3.54. The monoisotopic (exact) mass is 247 g/mol. The van der Waals surface area contributed by atoms with E-state index >= 15 is 0 Å². The van der Waals surface area contributed by atoms with Gasteiger partial charge in [0.05, 0.1) is 0 Å². The van der Waals surface area contributed by atoms with Gasteiger partial charge in [-0.2, -0.15) is 0 Å². The molecule has 1 amide bonds. The number of nitrogens with one attached hydrogen (secondary N) is 1. The third kappa shape index (κ3) is 2.68. The summed E-state index contributed by atoms with van der Waals surface area (Å²) < 4.78 is 1.69. The van der Waals surface area contributed by atoms with Gasteiger partial charge in [-0.3, -0.25) is 4.79 Å². The predicted molar refractivity (Wildman–Crippen MR) is 69.4 cm³/mol. The van der Waals surface area contributed by atoms with Crippen LogP contribution in [0.5, 0.6) is 0 Å². The van der Waals surface area contributed by atoms with Crippen molar-refractivity contribution in [3.63, 3.8) is 0 Å². The van der Waals surface area contributed by atoms with E-state index in [0.29, 0.717) is 5.82 Å². The molecule has 4 nitrogen and oxygen atoms in total. The standard InChI is InChI=1S/C12H13N3OS/c1-15-8-7-13-11(15)12(16)14-9-3-5-10(17-2)6-4-9/h3-8H,1-2H3,(H,14,16). The van der Waals surface area contributed by atoms with Crippen LogP contribution >= 0.6 is 11.8 Å². The van der Waals surface area contributed by atoms with Gasteiger partial charge in [0.15, 0.2) is 5.82 Å². The molecule has 0 aliphatic rings. The fraction of sp³-hybridized carbons (Fsp3) is 0.167. The zero-order chi connectivity index (χ0) is 12.3. The highest BCUT2D eigenvalue weighted by molar-refractivity contribution is 7.98. The summed E-state index contributed by atoms with van der Waals surface area (Å²) in [5, 5.41) is 2.80. The van der Waals surface area contributed by atoms with Gasteiger partial charge in [0.1, 0.15) is 0 Å². The van der Waals surface area contributed by atoms with Gasteiger partial charge >= 0.3 is 0 Å². The maximum absolute atomic E-state index is 11.9. The van der Waals surface area contributed by atoms with Crippen LogP contribution in [0.4, 0.5) is 5.69 Å². The summed E-state index contributed by atoms with van der Waals surface area (Å²) in [4.78, 5) is 17.0. The van der Waals surface area contributed by atoms with Gasteiger partial charge in [0.2, 0.25) is 0 Å². The maximum atomic E-state index is 11.9. The molecule has 0 saturated heterocycles. The number of amides is 1.